The van der Waals surface area contributed by atoms with E-state index in [1.807, 2.05) is 13.8 Å². The molecule has 2 aromatic rings. The van der Waals surface area contributed by atoms with E-state index in [1.54, 1.807) is 0 Å². The normalized spacial score (nSPS) is 17.8. The lowest BCUT2D eigenvalue weighted by Crippen LogP contribution is -2.34. The van der Waals surface area contributed by atoms with Crippen LogP contribution in [0.2, 0.25) is 0 Å². The van der Waals surface area contributed by atoms with E-state index in [1.165, 1.54) is 31.2 Å². The standard InChI is InChI=1S/C20H16F7NO2.C2H6/c1-11(13-8-14(19(22,23)24)10-15(9-13)20(25,26)27)30-18-17(28-6-7-29-18)12-2-4-16(21)5-3-12;1-2/h2-5,8-11,18H,6-7H2,1H3;1-2H3/t11-,18+;/m1./s1. The van der Waals surface area contributed by atoms with Crippen LogP contribution in [0.15, 0.2) is 47.5 Å². The highest BCUT2D eigenvalue weighted by molar-refractivity contribution is 6.03. The Balaban J connectivity index is 0.00000176. The SMILES string of the molecule is CC.C[C@@H](O[C@@H]1OCCN=C1c1ccc(F)cc1)c1cc(C(F)(F)F)cc(C(F)(F)F)c1. The van der Waals surface area contributed by atoms with E-state index in [4.69, 9.17) is 9.47 Å². The molecule has 1 aliphatic rings. The van der Waals surface area contributed by atoms with Crippen molar-refractivity contribution in [1.29, 1.82) is 0 Å². The van der Waals surface area contributed by atoms with Gasteiger partial charge in [0.2, 0.25) is 6.29 Å². The zero-order valence-electron chi connectivity index (χ0n) is 17.5. The highest BCUT2D eigenvalue weighted by atomic mass is 19.4. The van der Waals surface area contributed by atoms with E-state index in [2.05, 4.69) is 4.99 Å². The summed E-state index contributed by atoms with van der Waals surface area (Å²) in [4.78, 5) is 4.26. The molecule has 0 unspecified atom stereocenters. The van der Waals surface area contributed by atoms with Crippen LogP contribution in [-0.4, -0.2) is 25.2 Å². The van der Waals surface area contributed by atoms with E-state index >= 15 is 0 Å². The Hall–Kier alpha value is -2.46. The van der Waals surface area contributed by atoms with Gasteiger partial charge in [0, 0.05) is 5.56 Å². The summed E-state index contributed by atoms with van der Waals surface area (Å²) in [6.07, 6.45) is -12.2. The predicted octanol–water partition coefficient (Wildman–Crippen LogP) is 6.81. The monoisotopic (exact) mass is 465 g/mol. The van der Waals surface area contributed by atoms with Gasteiger partial charge < -0.3 is 9.47 Å². The molecule has 0 saturated heterocycles. The van der Waals surface area contributed by atoms with Gasteiger partial charge in [0.15, 0.2) is 0 Å². The first-order valence-electron chi connectivity index (χ1n) is 9.82. The van der Waals surface area contributed by atoms with Crippen LogP contribution in [-0.2, 0) is 21.8 Å². The Labute approximate surface area is 180 Å². The first-order valence-corrected chi connectivity index (χ1v) is 9.82. The summed E-state index contributed by atoms with van der Waals surface area (Å²) < 4.78 is 103. The number of ether oxygens (including phenoxy) is 2. The van der Waals surface area contributed by atoms with Crippen molar-refractivity contribution in [2.75, 3.05) is 13.2 Å². The fourth-order valence-corrected chi connectivity index (χ4v) is 2.91. The fraction of sp³-hybridized carbons (Fsp3) is 0.409. The topological polar surface area (TPSA) is 30.8 Å². The fourth-order valence-electron chi connectivity index (χ4n) is 2.91. The summed E-state index contributed by atoms with van der Waals surface area (Å²) in [6.45, 7) is 5.75. The number of benzene rings is 2. The summed E-state index contributed by atoms with van der Waals surface area (Å²) in [5, 5.41) is 0. The van der Waals surface area contributed by atoms with Crippen molar-refractivity contribution in [2.24, 2.45) is 4.99 Å². The van der Waals surface area contributed by atoms with Gasteiger partial charge in [0.25, 0.3) is 0 Å². The minimum Gasteiger partial charge on any atom is -0.345 e. The Morgan fingerprint density at radius 1 is 0.938 bits per heavy atom. The van der Waals surface area contributed by atoms with Crippen molar-refractivity contribution in [2.45, 2.75) is 45.5 Å². The minimum absolute atomic E-state index is 0.0543. The average molecular weight is 465 g/mol. The number of hydrogen-bond donors (Lipinski definition) is 0. The van der Waals surface area contributed by atoms with Gasteiger partial charge in [-0.25, -0.2) is 4.39 Å². The van der Waals surface area contributed by atoms with Crippen LogP contribution in [0.3, 0.4) is 0 Å². The quantitative estimate of drug-likeness (QED) is 0.465. The van der Waals surface area contributed by atoms with Gasteiger partial charge in [-0.1, -0.05) is 26.0 Å². The molecular formula is C22H22F7NO2. The molecule has 0 saturated carbocycles. The van der Waals surface area contributed by atoms with Crippen LogP contribution in [0, 0.1) is 5.82 Å². The summed E-state index contributed by atoms with van der Waals surface area (Å²) in [5.41, 5.74) is -2.44. The molecule has 10 heteroatoms. The molecule has 3 nitrogen and oxygen atoms in total. The molecule has 2 atom stereocenters. The van der Waals surface area contributed by atoms with E-state index < -0.39 is 41.7 Å². The molecular weight excluding hydrogens is 443 g/mol. The molecule has 0 aliphatic carbocycles. The third-order valence-electron chi connectivity index (χ3n) is 4.41. The molecule has 0 fully saturated rings. The molecule has 0 bridgehead atoms. The van der Waals surface area contributed by atoms with Crippen molar-refractivity contribution in [3.63, 3.8) is 0 Å². The second kappa shape index (κ2) is 10.4. The van der Waals surface area contributed by atoms with Crippen molar-refractivity contribution in [1.82, 2.24) is 0 Å². The van der Waals surface area contributed by atoms with Gasteiger partial charge in [-0.2, -0.15) is 26.3 Å². The molecule has 2 aromatic carbocycles. The Kier molecular flexibility index (Phi) is 8.41. The van der Waals surface area contributed by atoms with Gasteiger partial charge >= 0.3 is 12.4 Å². The minimum atomic E-state index is -4.96. The first-order chi connectivity index (χ1) is 14.9. The van der Waals surface area contributed by atoms with Crippen LogP contribution in [0.25, 0.3) is 0 Å². The van der Waals surface area contributed by atoms with E-state index in [0.717, 1.165) is 0 Å². The molecule has 176 valence electrons. The number of nitrogens with zero attached hydrogens (tertiary/aromatic N) is 1. The van der Waals surface area contributed by atoms with Gasteiger partial charge in [0.1, 0.15) is 5.82 Å². The van der Waals surface area contributed by atoms with Gasteiger partial charge in [-0.15, -0.1) is 0 Å². The first kappa shape index (κ1) is 25.8. The Bertz CT molecular complexity index is 889. The summed E-state index contributed by atoms with van der Waals surface area (Å²) in [7, 11) is 0. The van der Waals surface area contributed by atoms with Crippen LogP contribution in [0.4, 0.5) is 30.7 Å². The van der Waals surface area contributed by atoms with E-state index in [0.29, 0.717) is 17.7 Å². The Morgan fingerprint density at radius 3 is 1.97 bits per heavy atom. The largest absolute Gasteiger partial charge is 0.416 e. The lowest BCUT2D eigenvalue weighted by Gasteiger charge is -2.28. The number of halogens is 7. The zero-order valence-corrected chi connectivity index (χ0v) is 17.5. The molecule has 3 rings (SSSR count). The van der Waals surface area contributed by atoms with E-state index in [9.17, 15) is 30.7 Å². The van der Waals surface area contributed by atoms with Crippen molar-refractivity contribution in [3.05, 3.63) is 70.5 Å². The van der Waals surface area contributed by atoms with Gasteiger partial charge in [0.05, 0.1) is 36.1 Å². The van der Waals surface area contributed by atoms with E-state index in [-0.39, 0.29) is 30.5 Å². The highest BCUT2D eigenvalue weighted by Crippen LogP contribution is 2.38. The lowest BCUT2D eigenvalue weighted by atomic mass is 10.0. The van der Waals surface area contributed by atoms with Crippen LogP contribution in [0.5, 0.6) is 0 Å². The lowest BCUT2D eigenvalue weighted by molar-refractivity contribution is -0.144. The molecule has 0 aromatic heterocycles. The highest BCUT2D eigenvalue weighted by Gasteiger charge is 2.37. The van der Waals surface area contributed by atoms with Crippen molar-refractivity contribution >= 4 is 5.71 Å². The molecule has 0 radical (unpaired) electrons. The molecule has 0 spiro atoms. The second-order valence-electron chi connectivity index (χ2n) is 6.59. The maximum atomic E-state index is 13.2. The number of alkyl halides is 6. The van der Waals surface area contributed by atoms with Crippen molar-refractivity contribution < 1.29 is 40.2 Å². The summed E-state index contributed by atoms with van der Waals surface area (Å²) >= 11 is 0. The Morgan fingerprint density at radius 2 is 1.47 bits per heavy atom. The second-order valence-corrected chi connectivity index (χ2v) is 6.59. The van der Waals surface area contributed by atoms with Crippen molar-refractivity contribution in [3.8, 4) is 0 Å². The summed E-state index contributed by atoms with van der Waals surface area (Å²) in [5.74, 6) is -0.481. The maximum Gasteiger partial charge on any atom is 0.416 e. The van der Waals surface area contributed by atoms with Crippen LogP contribution < -0.4 is 0 Å². The molecule has 1 aliphatic heterocycles. The van der Waals surface area contributed by atoms with Crippen LogP contribution in [0.1, 0.15) is 49.1 Å². The smallest absolute Gasteiger partial charge is 0.345 e. The van der Waals surface area contributed by atoms with Gasteiger partial charge in [-0.05, 0) is 42.8 Å². The molecule has 0 amide bonds. The van der Waals surface area contributed by atoms with Crippen LogP contribution >= 0.6 is 0 Å². The average Bonchev–Trinajstić information content (AvgIpc) is 2.74. The number of aliphatic imine (C=N–C) groups is 1. The number of rotatable bonds is 4. The maximum absolute atomic E-state index is 13.2. The molecule has 32 heavy (non-hydrogen) atoms. The predicted molar refractivity (Wildman–Crippen MR) is 105 cm³/mol. The molecule has 0 N–H and O–H groups in total. The third-order valence-corrected chi connectivity index (χ3v) is 4.41. The van der Waals surface area contributed by atoms with Gasteiger partial charge in [-0.3, -0.25) is 4.99 Å². The summed E-state index contributed by atoms with van der Waals surface area (Å²) in [6, 6.07) is 6.50. The molecule has 1 heterocycles. The number of hydrogen-bond acceptors (Lipinski definition) is 3. The zero-order chi connectivity index (χ0) is 24.1. The third kappa shape index (κ3) is 6.52.